The van der Waals surface area contributed by atoms with Crippen LogP contribution in [0.1, 0.15) is 26.7 Å². The highest BCUT2D eigenvalue weighted by Gasteiger charge is 2.27. The fraction of sp³-hybridized carbons (Fsp3) is 0.467. The highest BCUT2D eigenvalue weighted by Crippen LogP contribution is 2.30. The molecule has 100 valence electrons. The normalized spacial score (nSPS) is 18.7. The van der Waals surface area contributed by atoms with Crippen LogP contribution in [-0.4, -0.2) is 22.5 Å². The van der Waals surface area contributed by atoms with Gasteiger partial charge >= 0.3 is 0 Å². The average Bonchev–Trinajstić information content (AvgIpc) is 2.37. The molecule has 3 heterocycles. The number of piperidine rings is 1. The number of hydrogen-bond acceptors (Lipinski definition) is 3. The second-order valence-corrected chi connectivity index (χ2v) is 6.07. The predicted molar refractivity (Wildman–Crippen MR) is 76.7 cm³/mol. The molecular weight excluding hydrogens is 238 g/mol. The summed E-state index contributed by atoms with van der Waals surface area (Å²) in [5.41, 5.74) is 0.999. The Balaban J connectivity index is 2.03. The van der Waals surface area contributed by atoms with E-state index in [0.29, 0.717) is 11.1 Å². The van der Waals surface area contributed by atoms with E-state index in [9.17, 15) is 4.79 Å². The highest BCUT2D eigenvalue weighted by atomic mass is 16.1. The Morgan fingerprint density at radius 1 is 1.32 bits per heavy atom. The SMILES string of the molecule is CC1(C)CCCN(c2cc(=O)n3ccccc3n2)C1. The second-order valence-electron chi connectivity index (χ2n) is 6.07. The molecule has 0 atom stereocenters. The van der Waals surface area contributed by atoms with E-state index >= 15 is 0 Å². The van der Waals surface area contributed by atoms with E-state index in [1.807, 2.05) is 18.2 Å². The van der Waals surface area contributed by atoms with Gasteiger partial charge in [0.1, 0.15) is 11.5 Å². The van der Waals surface area contributed by atoms with Crippen molar-refractivity contribution in [3.05, 3.63) is 40.8 Å². The van der Waals surface area contributed by atoms with Gasteiger partial charge in [0.15, 0.2) is 0 Å². The summed E-state index contributed by atoms with van der Waals surface area (Å²) in [6, 6.07) is 7.28. The van der Waals surface area contributed by atoms with Crippen molar-refractivity contribution >= 4 is 11.5 Å². The lowest BCUT2D eigenvalue weighted by atomic mass is 9.84. The lowest BCUT2D eigenvalue weighted by Crippen LogP contribution is -2.41. The standard InChI is InChI=1S/C15H19N3O/c1-15(2)7-5-8-17(11-15)13-10-14(19)18-9-4-3-6-12(18)16-13/h3-4,6,9-10H,5,7-8,11H2,1-2H3. The lowest BCUT2D eigenvalue weighted by Gasteiger charge is -2.38. The van der Waals surface area contributed by atoms with Crippen LogP contribution in [0.15, 0.2) is 35.3 Å². The summed E-state index contributed by atoms with van der Waals surface area (Å²) in [6.07, 6.45) is 4.15. The molecule has 0 N–H and O–H groups in total. The summed E-state index contributed by atoms with van der Waals surface area (Å²) < 4.78 is 1.58. The Bertz CT molecular complexity index is 660. The molecule has 1 aliphatic heterocycles. The summed E-state index contributed by atoms with van der Waals surface area (Å²) in [7, 11) is 0. The quantitative estimate of drug-likeness (QED) is 0.787. The number of aromatic nitrogens is 2. The van der Waals surface area contributed by atoms with Gasteiger partial charge in [-0.2, -0.15) is 0 Å². The summed E-state index contributed by atoms with van der Waals surface area (Å²) in [4.78, 5) is 18.9. The second kappa shape index (κ2) is 4.37. The monoisotopic (exact) mass is 257 g/mol. The van der Waals surface area contributed by atoms with Crippen molar-refractivity contribution in [1.82, 2.24) is 9.38 Å². The van der Waals surface area contributed by atoms with Gasteiger partial charge in [0.2, 0.25) is 0 Å². The van der Waals surface area contributed by atoms with Crippen molar-refractivity contribution in [1.29, 1.82) is 0 Å². The first kappa shape index (κ1) is 12.2. The van der Waals surface area contributed by atoms with Gasteiger partial charge in [-0.05, 0) is 30.4 Å². The third kappa shape index (κ3) is 2.35. The summed E-state index contributed by atoms with van der Waals surface area (Å²) in [6.45, 7) is 6.49. The molecule has 2 aromatic heterocycles. The molecule has 1 saturated heterocycles. The molecular formula is C15H19N3O. The highest BCUT2D eigenvalue weighted by molar-refractivity contribution is 5.48. The fourth-order valence-corrected chi connectivity index (χ4v) is 2.82. The molecule has 0 bridgehead atoms. The van der Waals surface area contributed by atoms with E-state index in [0.717, 1.165) is 25.3 Å². The number of fused-ring (bicyclic) bond motifs is 1. The van der Waals surface area contributed by atoms with Crippen molar-refractivity contribution < 1.29 is 0 Å². The van der Waals surface area contributed by atoms with Crippen LogP contribution in [0.2, 0.25) is 0 Å². The van der Waals surface area contributed by atoms with Gasteiger partial charge in [-0.25, -0.2) is 4.98 Å². The van der Waals surface area contributed by atoms with Crippen molar-refractivity contribution in [3.8, 4) is 0 Å². The van der Waals surface area contributed by atoms with E-state index in [2.05, 4.69) is 23.7 Å². The van der Waals surface area contributed by atoms with Crippen molar-refractivity contribution in [2.75, 3.05) is 18.0 Å². The average molecular weight is 257 g/mol. The number of nitrogens with zero attached hydrogens (tertiary/aromatic N) is 3. The van der Waals surface area contributed by atoms with Gasteiger partial charge in [-0.1, -0.05) is 19.9 Å². The van der Waals surface area contributed by atoms with Crippen LogP contribution in [0.25, 0.3) is 5.65 Å². The molecule has 0 saturated carbocycles. The number of pyridine rings is 1. The van der Waals surface area contributed by atoms with Gasteiger partial charge in [0, 0.05) is 25.4 Å². The van der Waals surface area contributed by atoms with Crippen molar-refractivity contribution in [2.24, 2.45) is 5.41 Å². The molecule has 0 amide bonds. The molecule has 1 fully saturated rings. The van der Waals surface area contributed by atoms with Crippen LogP contribution in [0.5, 0.6) is 0 Å². The van der Waals surface area contributed by atoms with E-state index in [1.165, 1.54) is 6.42 Å². The third-order valence-corrected chi connectivity index (χ3v) is 3.78. The summed E-state index contributed by atoms with van der Waals surface area (Å²) in [5.74, 6) is 0.809. The van der Waals surface area contributed by atoms with Gasteiger partial charge in [0.05, 0.1) is 0 Å². The minimum atomic E-state index is -0.0102. The smallest absolute Gasteiger partial charge is 0.259 e. The van der Waals surface area contributed by atoms with Crippen LogP contribution >= 0.6 is 0 Å². The molecule has 4 heteroatoms. The lowest BCUT2D eigenvalue weighted by molar-refractivity contribution is 0.292. The molecule has 3 rings (SSSR count). The van der Waals surface area contributed by atoms with E-state index in [4.69, 9.17) is 0 Å². The maximum absolute atomic E-state index is 12.1. The van der Waals surface area contributed by atoms with Gasteiger partial charge < -0.3 is 4.90 Å². The first-order chi connectivity index (χ1) is 9.05. The Kier molecular flexibility index (Phi) is 2.81. The van der Waals surface area contributed by atoms with Gasteiger partial charge in [0.25, 0.3) is 5.56 Å². The summed E-state index contributed by atoms with van der Waals surface area (Å²) >= 11 is 0. The maximum atomic E-state index is 12.1. The molecule has 4 nitrogen and oxygen atoms in total. The van der Waals surface area contributed by atoms with Crippen LogP contribution in [0.3, 0.4) is 0 Å². The van der Waals surface area contributed by atoms with Crippen LogP contribution < -0.4 is 10.5 Å². The molecule has 1 aliphatic rings. The molecule has 19 heavy (non-hydrogen) atoms. The molecule has 0 spiro atoms. The van der Waals surface area contributed by atoms with Crippen LogP contribution in [0.4, 0.5) is 5.82 Å². The van der Waals surface area contributed by atoms with Crippen LogP contribution in [0, 0.1) is 5.41 Å². The Morgan fingerprint density at radius 2 is 2.16 bits per heavy atom. The Hall–Kier alpha value is -1.84. The molecule has 0 radical (unpaired) electrons. The summed E-state index contributed by atoms with van der Waals surface area (Å²) in [5, 5.41) is 0. The minimum Gasteiger partial charge on any atom is -0.356 e. The van der Waals surface area contributed by atoms with E-state index in [-0.39, 0.29) is 5.56 Å². The van der Waals surface area contributed by atoms with Crippen molar-refractivity contribution in [2.45, 2.75) is 26.7 Å². The number of rotatable bonds is 1. The topological polar surface area (TPSA) is 37.6 Å². The Morgan fingerprint density at radius 3 is 2.95 bits per heavy atom. The third-order valence-electron chi connectivity index (χ3n) is 3.78. The first-order valence-corrected chi connectivity index (χ1v) is 6.79. The number of hydrogen-bond donors (Lipinski definition) is 0. The maximum Gasteiger partial charge on any atom is 0.259 e. The zero-order valence-electron chi connectivity index (χ0n) is 11.5. The van der Waals surface area contributed by atoms with Crippen molar-refractivity contribution in [3.63, 3.8) is 0 Å². The van der Waals surface area contributed by atoms with Gasteiger partial charge in [-0.15, -0.1) is 0 Å². The first-order valence-electron chi connectivity index (χ1n) is 6.79. The fourth-order valence-electron chi connectivity index (χ4n) is 2.82. The zero-order valence-corrected chi connectivity index (χ0v) is 11.5. The van der Waals surface area contributed by atoms with Gasteiger partial charge in [-0.3, -0.25) is 9.20 Å². The van der Waals surface area contributed by atoms with E-state index in [1.54, 1.807) is 16.7 Å². The zero-order chi connectivity index (χ0) is 13.5. The largest absolute Gasteiger partial charge is 0.356 e. The Labute approximate surface area is 112 Å². The molecule has 2 aromatic rings. The number of anilines is 1. The van der Waals surface area contributed by atoms with Crippen LogP contribution in [-0.2, 0) is 0 Å². The molecule has 0 unspecified atom stereocenters. The molecule has 0 aliphatic carbocycles. The molecule has 0 aromatic carbocycles. The minimum absolute atomic E-state index is 0.0102. The van der Waals surface area contributed by atoms with E-state index < -0.39 is 0 Å². The predicted octanol–water partition coefficient (Wildman–Crippen LogP) is 2.32.